The summed E-state index contributed by atoms with van der Waals surface area (Å²) in [6.45, 7) is 7.11. The van der Waals surface area contributed by atoms with Gasteiger partial charge in [-0.3, -0.25) is 4.90 Å². The zero-order valence-corrected chi connectivity index (χ0v) is 18.0. The molecule has 2 heterocycles. The van der Waals surface area contributed by atoms with Gasteiger partial charge in [0.25, 0.3) is 0 Å². The number of hydrogen-bond acceptors (Lipinski definition) is 6. The molecule has 8 heteroatoms. The van der Waals surface area contributed by atoms with Gasteiger partial charge in [-0.25, -0.2) is 4.99 Å². The summed E-state index contributed by atoms with van der Waals surface area (Å²) in [6.07, 6.45) is 2.74. The maximum absolute atomic E-state index is 6.04. The van der Waals surface area contributed by atoms with Crippen LogP contribution in [0.25, 0.3) is 0 Å². The van der Waals surface area contributed by atoms with Crippen molar-refractivity contribution in [2.45, 2.75) is 38.5 Å². The van der Waals surface area contributed by atoms with Crippen molar-refractivity contribution in [3.05, 3.63) is 17.7 Å². The summed E-state index contributed by atoms with van der Waals surface area (Å²) in [5.74, 6) is 2.62. The van der Waals surface area contributed by atoms with Gasteiger partial charge in [0.05, 0.1) is 40.6 Å². The molecule has 0 aromatic heterocycles. The molecule has 162 valence electrons. The highest BCUT2D eigenvalue weighted by molar-refractivity contribution is 5.79. The number of nitrogens with zero attached hydrogens (tertiary/aromatic N) is 2. The lowest BCUT2D eigenvalue weighted by Crippen LogP contribution is -2.51. The normalized spacial score (nSPS) is 22.1. The van der Waals surface area contributed by atoms with Crippen LogP contribution in [0, 0.1) is 0 Å². The summed E-state index contributed by atoms with van der Waals surface area (Å²) < 4.78 is 22.3. The molecule has 0 amide bonds. The molecule has 8 nitrogen and oxygen atoms in total. The van der Waals surface area contributed by atoms with E-state index in [1.54, 1.807) is 21.3 Å². The van der Waals surface area contributed by atoms with Crippen molar-refractivity contribution in [3.63, 3.8) is 0 Å². The van der Waals surface area contributed by atoms with Crippen molar-refractivity contribution in [1.29, 1.82) is 0 Å². The number of hydrogen-bond donors (Lipinski definition) is 2. The lowest BCUT2D eigenvalue weighted by molar-refractivity contribution is -0.0453. The lowest BCUT2D eigenvalue weighted by atomic mass is 10.2. The van der Waals surface area contributed by atoms with Gasteiger partial charge >= 0.3 is 0 Å². The Kier molecular flexibility index (Phi) is 7.83. The molecule has 0 spiro atoms. The minimum atomic E-state index is 0.189. The van der Waals surface area contributed by atoms with Crippen LogP contribution in [0.5, 0.6) is 17.2 Å². The smallest absolute Gasteiger partial charge is 0.203 e. The van der Waals surface area contributed by atoms with Gasteiger partial charge in [-0.05, 0) is 44.0 Å². The Bertz CT molecular complexity index is 672. The van der Waals surface area contributed by atoms with E-state index in [1.165, 1.54) is 19.4 Å². The Labute approximate surface area is 173 Å². The molecule has 2 unspecified atom stereocenters. The van der Waals surface area contributed by atoms with Crippen molar-refractivity contribution < 1.29 is 18.9 Å². The molecule has 2 aliphatic heterocycles. The molecular weight excluding hydrogens is 372 g/mol. The first-order chi connectivity index (χ1) is 14.2. The number of aliphatic imine (C=N–C) groups is 1. The van der Waals surface area contributed by atoms with Crippen molar-refractivity contribution >= 4 is 5.96 Å². The molecule has 0 radical (unpaired) electrons. The quantitative estimate of drug-likeness (QED) is 0.502. The number of fused-ring (bicyclic) bond motifs is 1. The Morgan fingerprint density at radius 1 is 1.17 bits per heavy atom. The van der Waals surface area contributed by atoms with E-state index < -0.39 is 0 Å². The minimum Gasteiger partial charge on any atom is -0.493 e. The van der Waals surface area contributed by atoms with Gasteiger partial charge in [0.1, 0.15) is 0 Å². The summed E-state index contributed by atoms with van der Waals surface area (Å²) in [6, 6.07) is 4.46. The predicted octanol–water partition coefficient (Wildman–Crippen LogP) is 1.63. The van der Waals surface area contributed by atoms with Crippen molar-refractivity contribution in [2.24, 2.45) is 4.99 Å². The summed E-state index contributed by atoms with van der Waals surface area (Å²) in [4.78, 5) is 7.27. The summed E-state index contributed by atoms with van der Waals surface area (Å²) in [7, 11) is 4.83. The molecular formula is C21H34N4O4. The average molecular weight is 407 g/mol. The summed E-state index contributed by atoms with van der Waals surface area (Å²) in [5.41, 5.74) is 0.977. The van der Waals surface area contributed by atoms with E-state index in [2.05, 4.69) is 22.5 Å². The molecule has 0 saturated carbocycles. The van der Waals surface area contributed by atoms with Gasteiger partial charge in [-0.2, -0.15) is 0 Å². The van der Waals surface area contributed by atoms with Crippen LogP contribution < -0.4 is 24.8 Å². The van der Waals surface area contributed by atoms with Crippen molar-refractivity contribution in [3.8, 4) is 17.2 Å². The lowest BCUT2D eigenvalue weighted by Gasteiger charge is -2.35. The Morgan fingerprint density at radius 2 is 1.93 bits per heavy atom. The first-order valence-electron chi connectivity index (χ1n) is 10.3. The second kappa shape index (κ2) is 10.5. The molecule has 1 aromatic carbocycles. The van der Waals surface area contributed by atoms with Gasteiger partial charge in [-0.1, -0.05) is 0 Å². The number of morpholine rings is 1. The fraction of sp³-hybridized carbons (Fsp3) is 0.667. The zero-order valence-electron chi connectivity index (χ0n) is 18.0. The second-order valence-corrected chi connectivity index (χ2v) is 7.36. The van der Waals surface area contributed by atoms with Crippen LogP contribution in [0.1, 0.15) is 25.3 Å². The molecule has 0 aliphatic carbocycles. The summed E-state index contributed by atoms with van der Waals surface area (Å²) in [5, 5.41) is 6.72. The van der Waals surface area contributed by atoms with E-state index in [4.69, 9.17) is 23.9 Å². The third-order valence-electron chi connectivity index (χ3n) is 5.45. The Morgan fingerprint density at radius 3 is 2.59 bits per heavy atom. The van der Waals surface area contributed by atoms with E-state index in [0.717, 1.165) is 37.8 Å². The molecule has 1 aromatic rings. The molecule has 29 heavy (non-hydrogen) atoms. The highest BCUT2D eigenvalue weighted by Gasteiger charge is 2.32. The molecule has 2 atom stereocenters. The Balaban J connectivity index is 1.61. The van der Waals surface area contributed by atoms with Crippen LogP contribution in [0.4, 0.5) is 0 Å². The van der Waals surface area contributed by atoms with Gasteiger partial charge in [0.2, 0.25) is 5.75 Å². The van der Waals surface area contributed by atoms with Gasteiger partial charge in [-0.15, -0.1) is 0 Å². The highest BCUT2D eigenvalue weighted by Crippen LogP contribution is 2.38. The fourth-order valence-corrected chi connectivity index (χ4v) is 3.96. The third kappa shape index (κ3) is 5.45. The number of methoxy groups -OCH3 is 3. The van der Waals surface area contributed by atoms with Crippen LogP contribution >= 0.6 is 0 Å². The van der Waals surface area contributed by atoms with E-state index in [1.807, 2.05) is 12.1 Å². The van der Waals surface area contributed by atoms with Crippen LogP contribution in [0.3, 0.4) is 0 Å². The SMILES string of the molecule is CCNC(=NCc1cc(OC)c(OC)c(OC)c1)NCC1CN2CCCC2CO1. The standard InChI is InChI=1S/C21H34N4O4/c1-5-22-21(24-12-17-13-25-8-6-7-16(25)14-29-17)23-11-15-9-18(26-2)20(28-4)19(10-15)27-3/h9-10,16-17H,5-8,11-14H2,1-4H3,(H2,22,23,24). The number of rotatable bonds is 8. The second-order valence-electron chi connectivity index (χ2n) is 7.36. The van der Waals surface area contributed by atoms with E-state index in [9.17, 15) is 0 Å². The molecule has 0 bridgehead atoms. The van der Waals surface area contributed by atoms with E-state index in [0.29, 0.717) is 29.8 Å². The zero-order chi connectivity index (χ0) is 20.6. The molecule has 2 saturated heterocycles. The van der Waals surface area contributed by atoms with Crippen molar-refractivity contribution in [2.75, 3.05) is 54.1 Å². The van der Waals surface area contributed by atoms with Gasteiger partial charge < -0.3 is 29.6 Å². The minimum absolute atomic E-state index is 0.189. The highest BCUT2D eigenvalue weighted by atomic mass is 16.5. The van der Waals surface area contributed by atoms with Gasteiger partial charge in [0.15, 0.2) is 17.5 Å². The third-order valence-corrected chi connectivity index (χ3v) is 5.45. The first-order valence-corrected chi connectivity index (χ1v) is 10.3. The van der Waals surface area contributed by atoms with Crippen LogP contribution in [-0.4, -0.2) is 77.1 Å². The topological polar surface area (TPSA) is 76.6 Å². The molecule has 3 rings (SSSR count). The monoisotopic (exact) mass is 406 g/mol. The van der Waals surface area contributed by atoms with Crippen LogP contribution in [0.2, 0.25) is 0 Å². The first kappa shape index (κ1) is 21.5. The van der Waals surface area contributed by atoms with E-state index >= 15 is 0 Å². The molecule has 2 aliphatic rings. The molecule has 2 fully saturated rings. The predicted molar refractivity (Wildman–Crippen MR) is 113 cm³/mol. The van der Waals surface area contributed by atoms with Crippen molar-refractivity contribution in [1.82, 2.24) is 15.5 Å². The average Bonchev–Trinajstić information content (AvgIpc) is 3.22. The largest absolute Gasteiger partial charge is 0.493 e. The fourth-order valence-electron chi connectivity index (χ4n) is 3.96. The maximum atomic E-state index is 6.04. The maximum Gasteiger partial charge on any atom is 0.203 e. The Hall–Kier alpha value is -2.19. The number of guanidine groups is 1. The summed E-state index contributed by atoms with van der Waals surface area (Å²) >= 11 is 0. The van der Waals surface area contributed by atoms with E-state index in [-0.39, 0.29) is 6.10 Å². The molecule has 2 N–H and O–H groups in total. The van der Waals surface area contributed by atoms with Crippen LogP contribution in [-0.2, 0) is 11.3 Å². The number of nitrogens with one attached hydrogen (secondary N) is 2. The van der Waals surface area contributed by atoms with Crippen LogP contribution in [0.15, 0.2) is 17.1 Å². The number of benzene rings is 1. The number of ether oxygens (including phenoxy) is 4. The van der Waals surface area contributed by atoms with Gasteiger partial charge in [0, 0.05) is 25.7 Å².